The van der Waals surface area contributed by atoms with Crippen LogP contribution in [0.4, 0.5) is 0 Å². The van der Waals surface area contributed by atoms with Gasteiger partial charge in [0.15, 0.2) is 11.0 Å². The van der Waals surface area contributed by atoms with Crippen LogP contribution in [0.5, 0.6) is 5.75 Å². The number of fused-ring (bicyclic) bond motifs is 1. The first-order chi connectivity index (χ1) is 13.7. The van der Waals surface area contributed by atoms with Gasteiger partial charge in [-0.15, -0.1) is 10.2 Å². The minimum atomic E-state index is -0.435. The predicted octanol–water partition coefficient (Wildman–Crippen LogP) is 3.78. The molecule has 0 radical (unpaired) electrons. The molecule has 1 saturated carbocycles. The zero-order valence-electron chi connectivity index (χ0n) is 14.8. The first kappa shape index (κ1) is 17.0. The van der Waals surface area contributed by atoms with Crippen molar-refractivity contribution in [2.24, 2.45) is 0 Å². The third kappa shape index (κ3) is 3.16. The summed E-state index contributed by atoms with van der Waals surface area (Å²) in [6.07, 6.45) is 5.72. The lowest BCUT2D eigenvalue weighted by atomic mass is 10.1. The SMILES string of the molecule is O=c1cc(CSc2nnc(-c3ccncc3)n2C2CC2)c2ccc(O)cc2o1. The van der Waals surface area contributed by atoms with E-state index in [0.717, 1.165) is 40.3 Å². The Morgan fingerprint density at radius 3 is 2.75 bits per heavy atom. The molecule has 1 N–H and O–H groups in total. The highest BCUT2D eigenvalue weighted by molar-refractivity contribution is 7.98. The molecule has 0 aliphatic heterocycles. The second-order valence-electron chi connectivity index (χ2n) is 6.70. The fourth-order valence-electron chi connectivity index (χ4n) is 3.22. The number of phenolic OH excluding ortho intramolecular Hbond substituents is 1. The van der Waals surface area contributed by atoms with Crippen molar-refractivity contribution in [3.05, 3.63) is 64.8 Å². The summed E-state index contributed by atoms with van der Waals surface area (Å²) in [5.41, 5.74) is 1.77. The quantitative estimate of drug-likeness (QED) is 0.408. The van der Waals surface area contributed by atoms with Crippen molar-refractivity contribution in [2.75, 3.05) is 0 Å². The van der Waals surface area contributed by atoms with Crippen molar-refractivity contribution in [1.29, 1.82) is 0 Å². The number of pyridine rings is 1. The Kier molecular flexibility index (Phi) is 4.12. The Bertz CT molecular complexity index is 1220. The monoisotopic (exact) mass is 392 g/mol. The maximum Gasteiger partial charge on any atom is 0.336 e. The number of aromatic nitrogens is 4. The fourth-order valence-corrected chi connectivity index (χ4v) is 4.21. The topological polar surface area (TPSA) is 94.0 Å². The second kappa shape index (κ2) is 6.79. The molecule has 1 aliphatic rings. The predicted molar refractivity (Wildman–Crippen MR) is 105 cm³/mol. The first-order valence-electron chi connectivity index (χ1n) is 8.93. The largest absolute Gasteiger partial charge is 0.508 e. The standard InChI is InChI=1S/C20H16N4O3S/c25-15-3-4-16-13(9-18(26)27-17(16)10-15)11-28-20-23-22-19(24(20)14-1-2-14)12-5-7-21-8-6-12/h3-10,14,25H,1-2,11H2. The van der Waals surface area contributed by atoms with E-state index in [1.807, 2.05) is 12.1 Å². The summed E-state index contributed by atoms with van der Waals surface area (Å²) in [4.78, 5) is 16.0. The molecular weight excluding hydrogens is 376 g/mol. The molecule has 0 unspecified atom stereocenters. The van der Waals surface area contributed by atoms with Crippen LogP contribution in [-0.2, 0) is 5.75 Å². The van der Waals surface area contributed by atoms with E-state index >= 15 is 0 Å². The minimum absolute atomic E-state index is 0.0657. The summed E-state index contributed by atoms with van der Waals surface area (Å²) in [7, 11) is 0. The van der Waals surface area contributed by atoms with Crippen LogP contribution in [0.25, 0.3) is 22.4 Å². The van der Waals surface area contributed by atoms with Crippen molar-refractivity contribution >= 4 is 22.7 Å². The van der Waals surface area contributed by atoms with Gasteiger partial charge in [-0.1, -0.05) is 11.8 Å². The lowest BCUT2D eigenvalue weighted by Gasteiger charge is -2.09. The lowest BCUT2D eigenvalue weighted by molar-refractivity contribution is 0.473. The Balaban J connectivity index is 1.49. The summed E-state index contributed by atoms with van der Waals surface area (Å²) in [6.45, 7) is 0. The van der Waals surface area contributed by atoms with Crippen molar-refractivity contribution < 1.29 is 9.52 Å². The molecule has 0 saturated heterocycles. The fraction of sp³-hybridized carbons (Fsp3) is 0.200. The van der Waals surface area contributed by atoms with E-state index in [0.29, 0.717) is 17.4 Å². The van der Waals surface area contributed by atoms with E-state index in [2.05, 4.69) is 19.7 Å². The molecule has 5 rings (SSSR count). The summed E-state index contributed by atoms with van der Waals surface area (Å²) >= 11 is 1.54. The Morgan fingerprint density at radius 2 is 1.96 bits per heavy atom. The average molecular weight is 392 g/mol. The van der Waals surface area contributed by atoms with Gasteiger partial charge in [-0.25, -0.2) is 4.79 Å². The molecular formula is C20H16N4O3S. The van der Waals surface area contributed by atoms with Crippen molar-refractivity contribution in [3.8, 4) is 17.1 Å². The van der Waals surface area contributed by atoms with Gasteiger partial charge in [-0.2, -0.15) is 0 Å². The molecule has 28 heavy (non-hydrogen) atoms. The molecule has 7 nitrogen and oxygen atoms in total. The molecule has 3 aromatic heterocycles. The van der Waals surface area contributed by atoms with Crippen LogP contribution in [-0.4, -0.2) is 24.9 Å². The zero-order chi connectivity index (χ0) is 19.1. The average Bonchev–Trinajstić information content (AvgIpc) is 3.45. The molecule has 140 valence electrons. The van der Waals surface area contributed by atoms with Gasteiger partial charge in [0.2, 0.25) is 0 Å². The lowest BCUT2D eigenvalue weighted by Crippen LogP contribution is -2.02. The number of thioether (sulfide) groups is 1. The van der Waals surface area contributed by atoms with Gasteiger partial charge in [0, 0.05) is 47.3 Å². The molecule has 1 aromatic carbocycles. The van der Waals surface area contributed by atoms with Crippen LogP contribution in [0.3, 0.4) is 0 Å². The summed E-state index contributed by atoms with van der Waals surface area (Å²) in [5, 5.41) is 20.1. The van der Waals surface area contributed by atoms with E-state index in [4.69, 9.17) is 4.42 Å². The maximum absolute atomic E-state index is 11.9. The van der Waals surface area contributed by atoms with Crippen LogP contribution >= 0.6 is 11.8 Å². The van der Waals surface area contributed by atoms with E-state index in [9.17, 15) is 9.90 Å². The number of rotatable bonds is 5. The van der Waals surface area contributed by atoms with Crippen LogP contribution in [0, 0.1) is 0 Å². The van der Waals surface area contributed by atoms with Gasteiger partial charge < -0.3 is 9.52 Å². The highest BCUT2D eigenvalue weighted by atomic mass is 32.2. The molecule has 0 bridgehead atoms. The molecule has 1 aliphatic carbocycles. The van der Waals surface area contributed by atoms with Crippen LogP contribution in [0.15, 0.2) is 63.2 Å². The van der Waals surface area contributed by atoms with Gasteiger partial charge in [0.05, 0.1) is 0 Å². The molecule has 0 amide bonds. The third-order valence-electron chi connectivity index (χ3n) is 4.69. The summed E-state index contributed by atoms with van der Waals surface area (Å²) in [5.74, 6) is 1.46. The third-order valence-corrected chi connectivity index (χ3v) is 5.68. The first-order valence-corrected chi connectivity index (χ1v) is 9.91. The molecule has 3 heterocycles. The number of phenols is 1. The molecule has 0 spiro atoms. The molecule has 0 atom stereocenters. The summed E-state index contributed by atoms with van der Waals surface area (Å²) < 4.78 is 7.39. The summed E-state index contributed by atoms with van der Waals surface area (Å²) in [6, 6.07) is 10.6. The minimum Gasteiger partial charge on any atom is -0.508 e. The van der Waals surface area contributed by atoms with Gasteiger partial charge in [-0.05, 0) is 42.7 Å². The Morgan fingerprint density at radius 1 is 1.14 bits per heavy atom. The van der Waals surface area contributed by atoms with E-state index in [-0.39, 0.29) is 5.75 Å². The molecule has 1 fully saturated rings. The number of hydrogen-bond acceptors (Lipinski definition) is 7. The zero-order valence-corrected chi connectivity index (χ0v) is 15.6. The normalized spacial score (nSPS) is 13.9. The number of nitrogens with zero attached hydrogens (tertiary/aromatic N) is 4. The van der Waals surface area contributed by atoms with Crippen molar-refractivity contribution in [1.82, 2.24) is 19.7 Å². The van der Waals surface area contributed by atoms with Crippen molar-refractivity contribution in [2.45, 2.75) is 29.8 Å². The maximum atomic E-state index is 11.9. The number of hydrogen-bond donors (Lipinski definition) is 1. The van der Waals surface area contributed by atoms with Crippen LogP contribution in [0.2, 0.25) is 0 Å². The number of benzene rings is 1. The van der Waals surface area contributed by atoms with E-state index < -0.39 is 5.63 Å². The second-order valence-corrected chi connectivity index (χ2v) is 7.65. The van der Waals surface area contributed by atoms with Gasteiger partial charge >= 0.3 is 5.63 Å². The van der Waals surface area contributed by atoms with Crippen molar-refractivity contribution in [3.63, 3.8) is 0 Å². The number of aromatic hydroxyl groups is 1. The smallest absolute Gasteiger partial charge is 0.336 e. The van der Waals surface area contributed by atoms with E-state index in [1.54, 1.807) is 36.3 Å². The van der Waals surface area contributed by atoms with Crippen LogP contribution < -0.4 is 5.63 Å². The Hall–Kier alpha value is -3.13. The van der Waals surface area contributed by atoms with Gasteiger partial charge in [-0.3, -0.25) is 9.55 Å². The van der Waals surface area contributed by atoms with Crippen LogP contribution in [0.1, 0.15) is 24.4 Å². The molecule has 4 aromatic rings. The highest BCUT2D eigenvalue weighted by Crippen LogP contribution is 2.41. The van der Waals surface area contributed by atoms with Gasteiger partial charge in [0.25, 0.3) is 0 Å². The van der Waals surface area contributed by atoms with E-state index in [1.165, 1.54) is 12.1 Å². The Labute approximate surface area is 164 Å². The van der Waals surface area contributed by atoms with Gasteiger partial charge in [0.1, 0.15) is 11.3 Å². The highest BCUT2D eigenvalue weighted by Gasteiger charge is 2.30. The molecule has 8 heteroatoms.